The number of carbonyl (C=O) groups is 2. The van der Waals surface area contributed by atoms with Gasteiger partial charge in [0.05, 0.1) is 6.42 Å². The van der Waals surface area contributed by atoms with Gasteiger partial charge in [-0.05, 0) is 18.8 Å². The second-order valence-electron chi connectivity index (χ2n) is 5.66. The lowest BCUT2D eigenvalue weighted by Gasteiger charge is -2.30. The summed E-state index contributed by atoms with van der Waals surface area (Å²) >= 11 is 0. The Balaban J connectivity index is 2.55. The van der Waals surface area contributed by atoms with Gasteiger partial charge in [-0.25, -0.2) is 0 Å². The molecular formula is C14H25NO3. The first kappa shape index (κ1) is 15.0. The van der Waals surface area contributed by atoms with Crippen molar-refractivity contribution in [3.8, 4) is 0 Å². The monoisotopic (exact) mass is 255 g/mol. The summed E-state index contributed by atoms with van der Waals surface area (Å²) in [5.41, 5.74) is 0. The van der Waals surface area contributed by atoms with E-state index in [0.717, 1.165) is 25.7 Å². The van der Waals surface area contributed by atoms with E-state index in [1.807, 2.05) is 0 Å². The third-order valence-electron chi connectivity index (χ3n) is 3.45. The van der Waals surface area contributed by atoms with Crippen LogP contribution in [0.25, 0.3) is 0 Å². The molecule has 1 aliphatic rings. The van der Waals surface area contributed by atoms with Crippen LogP contribution in [0.3, 0.4) is 0 Å². The first-order valence-corrected chi connectivity index (χ1v) is 7.01. The highest BCUT2D eigenvalue weighted by molar-refractivity contribution is 5.79. The molecule has 0 spiro atoms. The van der Waals surface area contributed by atoms with Crippen molar-refractivity contribution in [3.63, 3.8) is 0 Å². The molecule has 0 aromatic heterocycles. The first-order chi connectivity index (χ1) is 8.50. The molecule has 0 bridgehead atoms. The predicted molar refractivity (Wildman–Crippen MR) is 70.2 cm³/mol. The van der Waals surface area contributed by atoms with Gasteiger partial charge in [0.15, 0.2) is 0 Å². The van der Waals surface area contributed by atoms with Crippen molar-refractivity contribution in [1.82, 2.24) is 4.90 Å². The molecule has 1 saturated carbocycles. The number of carbonyl (C=O) groups excluding carboxylic acids is 1. The van der Waals surface area contributed by atoms with Gasteiger partial charge in [-0.3, -0.25) is 9.59 Å². The molecule has 104 valence electrons. The van der Waals surface area contributed by atoms with Crippen LogP contribution in [0.2, 0.25) is 0 Å². The maximum atomic E-state index is 12.4. The molecule has 1 N–H and O–H groups in total. The number of carboxylic acids is 1. The maximum Gasteiger partial charge on any atom is 0.305 e. The van der Waals surface area contributed by atoms with Crippen LogP contribution in [0.4, 0.5) is 0 Å². The quantitative estimate of drug-likeness (QED) is 0.793. The van der Waals surface area contributed by atoms with Crippen molar-refractivity contribution >= 4 is 11.9 Å². The number of carboxylic acid groups (broad SMARTS) is 1. The maximum absolute atomic E-state index is 12.4. The van der Waals surface area contributed by atoms with Gasteiger partial charge in [-0.2, -0.15) is 0 Å². The second-order valence-corrected chi connectivity index (χ2v) is 5.66. The summed E-state index contributed by atoms with van der Waals surface area (Å²) in [7, 11) is 0. The molecular weight excluding hydrogens is 230 g/mol. The van der Waals surface area contributed by atoms with Crippen molar-refractivity contribution in [2.45, 2.75) is 52.4 Å². The summed E-state index contributed by atoms with van der Waals surface area (Å²) < 4.78 is 0. The first-order valence-electron chi connectivity index (χ1n) is 7.01. The third kappa shape index (κ3) is 5.07. The molecule has 18 heavy (non-hydrogen) atoms. The van der Waals surface area contributed by atoms with Crippen LogP contribution in [0.1, 0.15) is 52.4 Å². The number of amides is 1. The van der Waals surface area contributed by atoms with E-state index in [9.17, 15) is 9.59 Å². The molecule has 0 saturated heterocycles. The molecule has 1 fully saturated rings. The lowest BCUT2D eigenvalue weighted by Crippen LogP contribution is -2.40. The zero-order valence-electron chi connectivity index (χ0n) is 11.5. The molecule has 0 aromatic carbocycles. The molecule has 1 aliphatic carbocycles. The number of rotatable bonds is 6. The second kappa shape index (κ2) is 7.39. The van der Waals surface area contributed by atoms with Gasteiger partial charge in [0, 0.05) is 19.0 Å². The minimum atomic E-state index is -0.833. The van der Waals surface area contributed by atoms with Crippen LogP contribution >= 0.6 is 0 Å². The Labute approximate surface area is 109 Å². The van der Waals surface area contributed by atoms with Crippen LogP contribution in [0.15, 0.2) is 0 Å². The van der Waals surface area contributed by atoms with Crippen molar-refractivity contribution in [2.24, 2.45) is 11.8 Å². The Morgan fingerprint density at radius 2 is 1.83 bits per heavy atom. The van der Waals surface area contributed by atoms with E-state index in [2.05, 4.69) is 13.8 Å². The van der Waals surface area contributed by atoms with Gasteiger partial charge < -0.3 is 10.0 Å². The lowest BCUT2D eigenvalue weighted by atomic mass is 9.88. The van der Waals surface area contributed by atoms with Crippen molar-refractivity contribution < 1.29 is 14.7 Å². The Kier molecular flexibility index (Phi) is 6.16. The summed E-state index contributed by atoms with van der Waals surface area (Å²) in [6.07, 6.45) is 5.48. The van der Waals surface area contributed by atoms with E-state index in [1.54, 1.807) is 4.90 Å². The fourth-order valence-electron chi connectivity index (χ4n) is 2.57. The fourth-order valence-corrected chi connectivity index (χ4v) is 2.57. The predicted octanol–water partition coefficient (Wildman–Crippen LogP) is 2.53. The minimum absolute atomic E-state index is 0.0468. The minimum Gasteiger partial charge on any atom is -0.481 e. The molecule has 0 aromatic rings. The van der Waals surface area contributed by atoms with Crippen LogP contribution in [-0.2, 0) is 9.59 Å². The highest BCUT2D eigenvalue weighted by Gasteiger charge is 2.26. The third-order valence-corrected chi connectivity index (χ3v) is 3.45. The van der Waals surface area contributed by atoms with Gasteiger partial charge in [0.1, 0.15) is 0 Å². The molecule has 0 heterocycles. The summed E-state index contributed by atoms with van der Waals surface area (Å²) in [5.74, 6) is -0.150. The molecule has 0 radical (unpaired) electrons. The van der Waals surface area contributed by atoms with Gasteiger partial charge in [-0.15, -0.1) is 0 Å². The number of nitrogens with zero attached hydrogens (tertiary/aromatic N) is 1. The average molecular weight is 255 g/mol. The molecule has 0 unspecified atom stereocenters. The molecule has 4 heteroatoms. The standard InChI is InChI=1S/C14H25NO3/c1-11(2)10-15(9-8-13(16)17)14(18)12-6-4-3-5-7-12/h11-12H,3-10H2,1-2H3,(H,16,17). The summed E-state index contributed by atoms with van der Waals surface area (Å²) in [6, 6.07) is 0. The molecule has 1 rings (SSSR count). The van der Waals surface area contributed by atoms with Crippen LogP contribution in [0.5, 0.6) is 0 Å². The van der Waals surface area contributed by atoms with E-state index >= 15 is 0 Å². The van der Waals surface area contributed by atoms with Gasteiger partial charge in [0.25, 0.3) is 0 Å². The van der Waals surface area contributed by atoms with Crippen LogP contribution in [-0.4, -0.2) is 35.0 Å². The van der Waals surface area contributed by atoms with E-state index in [4.69, 9.17) is 5.11 Å². The van der Waals surface area contributed by atoms with E-state index in [0.29, 0.717) is 19.0 Å². The van der Waals surface area contributed by atoms with Crippen molar-refractivity contribution in [1.29, 1.82) is 0 Å². The van der Waals surface area contributed by atoms with Crippen molar-refractivity contribution in [2.75, 3.05) is 13.1 Å². The topological polar surface area (TPSA) is 57.6 Å². The number of aliphatic carboxylic acids is 1. The van der Waals surface area contributed by atoms with Crippen LogP contribution in [0, 0.1) is 11.8 Å². The Bertz CT molecular complexity index is 283. The summed E-state index contributed by atoms with van der Waals surface area (Å²) in [4.78, 5) is 24.8. The molecule has 1 amide bonds. The SMILES string of the molecule is CC(C)CN(CCC(=O)O)C(=O)C1CCCCC1. The van der Waals surface area contributed by atoms with Gasteiger partial charge >= 0.3 is 5.97 Å². The molecule has 4 nitrogen and oxygen atoms in total. The lowest BCUT2D eigenvalue weighted by molar-refractivity contribution is -0.140. The smallest absolute Gasteiger partial charge is 0.305 e. The number of hydrogen-bond acceptors (Lipinski definition) is 2. The zero-order chi connectivity index (χ0) is 13.5. The zero-order valence-corrected chi connectivity index (χ0v) is 11.5. The normalized spacial score (nSPS) is 16.8. The molecule has 0 aliphatic heterocycles. The Morgan fingerprint density at radius 1 is 1.22 bits per heavy atom. The van der Waals surface area contributed by atoms with Crippen molar-refractivity contribution in [3.05, 3.63) is 0 Å². The van der Waals surface area contributed by atoms with Gasteiger partial charge in [0.2, 0.25) is 5.91 Å². The largest absolute Gasteiger partial charge is 0.481 e. The Morgan fingerprint density at radius 3 is 2.33 bits per heavy atom. The fraction of sp³-hybridized carbons (Fsp3) is 0.857. The van der Waals surface area contributed by atoms with E-state index in [1.165, 1.54) is 6.42 Å². The van der Waals surface area contributed by atoms with E-state index in [-0.39, 0.29) is 18.2 Å². The summed E-state index contributed by atoms with van der Waals surface area (Å²) in [5, 5.41) is 8.75. The number of hydrogen-bond donors (Lipinski definition) is 1. The molecule has 0 atom stereocenters. The van der Waals surface area contributed by atoms with Crippen LogP contribution < -0.4 is 0 Å². The van der Waals surface area contributed by atoms with E-state index < -0.39 is 5.97 Å². The Hall–Kier alpha value is -1.06. The highest BCUT2D eigenvalue weighted by atomic mass is 16.4. The summed E-state index contributed by atoms with van der Waals surface area (Å²) in [6.45, 7) is 5.13. The van der Waals surface area contributed by atoms with Gasteiger partial charge in [-0.1, -0.05) is 33.1 Å². The highest BCUT2D eigenvalue weighted by Crippen LogP contribution is 2.25. The average Bonchev–Trinajstić information content (AvgIpc) is 2.34.